The van der Waals surface area contributed by atoms with Gasteiger partial charge in [0.1, 0.15) is 0 Å². The second-order valence-corrected chi connectivity index (χ2v) is 7.26. The van der Waals surface area contributed by atoms with Gasteiger partial charge in [0.25, 0.3) is 0 Å². The number of amides is 1. The summed E-state index contributed by atoms with van der Waals surface area (Å²) in [5.74, 6) is -1.59. The van der Waals surface area contributed by atoms with Crippen molar-refractivity contribution in [3.05, 3.63) is 0 Å². The molecule has 0 fully saturated rings. The SMILES string of the molecule is CC(C)(C)C(=O)N[C@H](C(=O)O)[C@@H](O)CCC[N+](C)(C)C.[Cl-]. The number of rotatable bonds is 7. The van der Waals surface area contributed by atoms with Crippen molar-refractivity contribution in [1.29, 1.82) is 0 Å². The van der Waals surface area contributed by atoms with Crippen molar-refractivity contribution in [3.63, 3.8) is 0 Å². The van der Waals surface area contributed by atoms with E-state index in [1.165, 1.54) is 0 Å². The van der Waals surface area contributed by atoms with Crippen LogP contribution in [0.3, 0.4) is 0 Å². The number of nitrogens with one attached hydrogen (secondary N) is 1. The molecule has 1 amide bonds. The molecule has 0 bridgehead atoms. The molecule has 0 aliphatic carbocycles. The maximum Gasteiger partial charge on any atom is 0.328 e. The number of hydrogen-bond donors (Lipinski definition) is 3. The van der Waals surface area contributed by atoms with E-state index in [1.807, 2.05) is 21.1 Å². The number of carbonyl (C=O) groups excluding carboxylic acids is 1. The first kappa shape index (κ1) is 22.4. The molecule has 2 atom stereocenters. The summed E-state index contributed by atoms with van der Waals surface area (Å²) in [5, 5.41) is 21.5. The molecule has 0 heterocycles. The predicted molar refractivity (Wildman–Crippen MR) is 77.2 cm³/mol. The van der Waals surface area contributed by atoms with Crippen LogP contribution in [-0.4, -0.2) is 66.4 Å². The Morgan fingerprint density at radius 1 is 1.19 bits per heavy atom. The molecule has 0 rings (SSSR count). The van der Waals surface area contributed by atoms with E-state index in [4.69, 9.17) is 5.11 Å². The first-order valence-corrected chi connectivity index (χ1v) is 6.87. The summed E-state index contributed by atoms with van der Waals surface area (Å²) in [5.41, 5.74) is -0.685. The molecule has 0 aromatic carbocycles. The minimum Gasteiger partial charge on any atom is -1.00 e. The number of aliphatic hydroxyl groups is 1. The first-order chi connectivity index (χ1) is 8.84. The molecule has 0 aromatic rings. The monoisotopic (exact) mass is 324 g/mol. The number of nitrogens with zero attached hydrogens (tertiary/aromatic N) is 1. The lowest BCUT2D eigenvalue weighted by atomic mass is 9.94. The highest BCUT2D eigenvalue weighted by atomic mass is 35.5. The maximum atomic E-state index is 11.8. The number of carboxylic acid groups (broad SMARTS) is 1. The molecule has 0 unspecified atom stereocenters. The predicted octanol–water partition coefficient (Wildman–Crippen LogP) is -2.55. The molecule has 126 valence electrons. The van der Waals surface area contributed by atoms with E-state index in [-0.39, 0.29) is 18.3 Å². The van der Waals surface area contributed by atoms with Crippen molar-refractivity contribution in [2.45, 2.75) is 45.8 Å². The Morgan fingerprint density at radius 2 is 1.67 bits per heavy atom. The summed E-state index contributed by atoms with van der Waals surface area (Å²) in [6.07, 6.45) is -0.0399. The average molecular weight is 325 g/mol. The Labute approximate surface area is 133 Å². The van der Waals surface area contributed by atoms with Crippen molar-refractivity contribution in [3.8, 4) is 0 Å². The highest BCUT2D eigenvalue weighted by molar-refractivity contribution is 5.86. The highest BCUT2D eigenvalue weighted by Gasteiger charge is 2.32. The minimum absolute atomic E-state index is 0. The molecular weight excluding hydrogens is 296 g/mol. The Hall–Kier alpha value is -0.850. The maximum absolute atomic E-state index is 11.8. The topological polar surface area (TPSA) is 86.6 Å². The summed E-state index contributed by atoms with van der Waals surface area (Å²) in [6.45, 7) is 5.93. The first-order valence-electron chi connectivity index (χ1n) is 6.87. The molecule has 0 spiro atoms. The van der Waals surface area contributed by atoms with Gasteiger partial charge in [0.2, 0.25) is 5.91 Å². The number of quaternary nitrogens is 1. The standard InChI is InChI=1S/C14H28N2O4.ClH/c1-14(2,3)13(20)15-11(12(18)19)10(17)8-7-9-16(4,5)6;/h10-11,17H,7-9H2,1-6H3,(H-,15,18,19,20);1H/t10-,11-;/m0./s1. The van der Waals surface area contributed by atoms with Crippen molar-refractivity contribution < 1.29 is 36.7 Å². The van der Waals surface area contributed by atoms with Crippen LogP contribution in [0.25, 0.3) is 0 Å². The zero-order chi connectivity index (χ0) is 16.1. The van der Waals surface area contributed by atoms with Gasteiger partial charge < -0.3 is 32.4 Å². The van der Waals surface area contributed by atoms with Crippen LogP contribution in [0.4, 0.5) is 0 Å². The number of halogens is 1. The van der Waals surface area contributed by atoms with Gasteiger partial charge in [0, 0.05) is 5.41 Å². The molecule has 7 heteroatoms. The van der Waals surface area contributed by atoms with Gasteiger partial charge in [0.15, 0.2) is 6.04 Å². The second kappa shape index (κ2) is 8.56. The fourth-order valence-electron chi connectivity index (χ4n) is 1.62. The smallest absolute Gasteiger partial charge is 0.328 e. The van der Waals surface area contributed by atoms with E-state index in [0.717, 1.165) is 11.0 Å². The number of carboxylic acids is 1. The van der Waals surface area contributed by atoms with Gasteiger partial charge in [0.05, 0.1) is 33.8 Å². The Balaban J connectivity index is 0. The third kappa shape index (κ3) is 9.66. The van der Waals surface area contributed by atoms with Gasteiger partial charge in [-0.05, 0) is 12.8 Å². The van der Waals surface area contributed by atoms with Crippen LogP contribution in [0.1, 0.15) is 33.6 Å². The summed E-state index contributed by atoms with van der Waals surface area (Å²) in [6, 6.07) is -1.26. The Kier molecular flexibility index (Phi) is 9.14. The number of aliphatic carboxylic acids is 1. The van der Waals surface area contributed by atoms with Crippen LogP contribution in [0, 0.1) is 5.41 Å². The van der Waals surface area contributed by atoms with Crippen LogP contribution >= 0.6 is 0 Å². The lowest BCUT2D eigenvalue weighted by Gasteiger charge is -2.27. The van der Waals surface area contributed by atoms with E-state index in [1.54, 1.807) is 20.8 Å². The quantitative estimate of drug-likeness (QED) is 0.450. The summed E-state index contributed by atoms with van der Waals surface area (Å²) >= 11 is 0. The summed E-state index contributed by atoms with van der Waals surface area (Å²) < 4.78 is 0.749. The van der Waals surface area contributed by atoms with Gasteiger partial charge in [-0.2, -0.15) is 0 Å². The van der Waals surface area contributed by atoms with E-state index in [2.05, 4.69) is 5.32 Å². The molecule has 3 N–H and O–H groups in total. The van der Waals surface area contributed by atoms with Crippen molar-refractivity contribution in [2.24, 2.45) is 5.41 Å². The third-order valence-corrected chi connectivity index (χ3v) is 2.95. The van der Waals surface area contributed by atoms with Gasteiger partial charge in [-0.25, -0.2) is 4.79 Å². The fraction of sp³-hybridized carbons (Fsp3) is 0.857. The molecule has 0 saturated carbocycles. The average Bonchev–Trinajstić information content (AvgIpc) is 2.21. The van der Waals surface area contributed by atoms with Gasteiger partial charge in [-0.3, -0.25) is 4.79 Å². The van der Waals surface area contributed by atoms with E-state index >= 15 is 0 Å². The molecule has 6 nitrogen and oxygen atoms in total. The Bertz CT molecular complexity index is 348. The van der Waals surface area contributed by atoms with Crippen LogP contribution in [0.15, 0.2) is 0 Å². The molecule has 0 radical (unpaired) electrons. The number of carbonyl (C=O) groups is 2. The fourth-order valence-corrected chi connectivity index (χ4v) is 1.62. The lowest BCUT2D eigenvalue weighted by Crippen LogP contribution is -3.00. The third-order valence-electron chi connectivity index (χ3n) is 2.95. The molecule has 0 saturated heterocycles. The van der Waals surface area contributed by atoms with Crippen LogP contribution in [-0.2, 0) is 9.59 Å². The van der Waals surface area contributed by atoms with Crippen molar-refractivity contribution in [2.75, 3.05) is 27.7 Å². The van der Waals surface area contributed by atoms with Crippen molar-refractivity contribution >= 4 is 11.9 Å². The largest absolute Gasteiger partial charge is 1.00 e. The second-order valence-electron chi connectivity index (χ2n) is 7.26. The minimum atomic E-state index is -1.26. The van der Waals surface area contributed by atoms with Crippen molar-refractivity contribution in [1.82, 2.24) is 5.32 Å². The number of hydrogen-bond acceptors (Lipinski definition) is 3. The normalized spacial score (nSPS) is 14.8. The molecular formula is C14H29ClN2O4. The van der Waals surface area contributed by atoms with E-state index in [0.29, 0.717) is 12.8 Å². The molecule has 0 aromatic heterocycles. The zero-order valence-corrected chi connectivity index (χ0v) is 14.6. The van der Waals surface area contributed by atoms with E-state index < -0.39 is 23.5 Å². The molecule has 0 aliphatic rings. The van der Waals surface area contributed by atoms with Gasteiger partial charge >= 0.3 is 5.97 Å². The summed E-state index contributed by atoms with van der Waals surface area (Å²) in [4.78, 5) is 23.0. The van der Waals surface area contributed by atoms with Crippen LogP contribution in [0.5, 0.6) is 0 Å². The summed E-state index contributed by atoms with van der Waals surface area (Å²) in [7, 11) is 6.09. The zero-order valence-electron chi connectivity index (χ0n) is 13.8. The molecule has 0 aliphatic heterocycles. The lowest BCUT2D eigenvalue weighted by molar-refractivity contribution is -0.870. The molecule has 21 heavy (non-hydrogen) atoms. The van der Waals surface area contributed by atoms with Gasteiger partial charge in [-0.15, -0.1) is 0 Å². The van der Waals surface area contributed by atoms with Crippen LogP contribution < -0.4 is 17.7 Å². The Morgan fingerprint density at radius 3 is 2.00 bits per heavy atom. The van der Waals surface area contributed by atoms with Crippen LogP contribution in [0.2, 0.25) is 0 Å². The number of aliphatic hydroxyl groups excluding tert-OH is 1. The van der Waals surface area contributed by atoms with Gasteiger partial charge in [-0.1, -0.05) is 20.8 Å². The highest BCUT2D eigenvalue weighted by Crippen LogP contribution is 2.14. The van der Waals surface area contributed by atoms with E-state index in [9.17, 15) is 14.7 Å².